The number of nitrogens with zero attached hydrogens (tertiary/aromatic N) is 2. The molecule has 0 amide bonds. The molecule has 1 saturated heterocycles. The van der Waals surface area contributed by atoms with Crippen molar-refractivity contribution in [2.24, 2.45) is 13.0 Å². The minimum atomic E-state index is 0.443. The number of hydrogen-bond donors (Lipinski definition) is 1. The van der Waals surface area contributed by atoms with Crippen molar-refractivity contribution in [3.8, 4) is 0 Å². The Morgan fingerprint density at radius 1 is 1.35 bits per heavy atom. The Hall–Kier alpha value is -0.870. The van der Waals surface area contributed by atoms with Crippen molar-refractivity contribution in [3.05, 3.63) is 18.2 Å². The Balaban J connectivity index is 1.69. The summed E-state index contributed by atoms with van der Waals surface area (Å²) < 4.78 is 7.56. The highest BCUT2D eigenvalue weighted by molar-refractivity contribution is 5.05. The van der Waals surface area contributed by atoms with Crippen LogP contribution in [0.3, 0.4) is 0 Å². The number of aromatic nitrogens is 2. The highest BCUT2D eigenvalue weighted by atomic mass is 16.5. The molecule has 1 saturated carbocycles. The molecule has 1 aromatic rings. The molecule has 0 radical (unpaired) electrons. The fraction of sp³-hybridized carbons (Fsp3) is 0.769. The third-order valence-electron chi connectivity index (χ3n) is 3.87. The molecular formula is C13H21N3O. The minimum absolute atomic E-state index is 0.443. The van der Waals surface area contributed by atoms with Crippen molar-refractivity contribution in [2.75, 3.05) is 13.2 Å². The summed E-state index contributed by atoms with van der Waals surface area (Å²) >= 11 is 0. The summed E-state index contributed by atoms with van der Waals surface area (Å²) in [6, 6.07) is 1.05. The van der Waals surface area contributed by atoms with Gasteiger partial charge >= 0.3 is 0 Å². The molecule has 2 aliphatic rings. The molecule has 1 aliphatic carbocycles. The van der Waals surface area contributed by atoms with Crippen molar-refractivity contribution in [1.29, 1.82) is 0 Å². The number of aryl methyl sites for hydroxylation is 1. The van der Waals surface area contributed by atoms with Crippen LogP contribution in [0.2, 0.25) is 0 Å². The predicted molar refractivity (Wildman–Crippen MR) is 65.6 cm³/mol. The smallest absolute Gasteiger partial charge is 0.125 e. The molecule has 1 N–H and O–H groups in total. The van der Waals surface area contributed by atoms with Gasteiger partial charge < -0.3 is 14.6 Å². The van der Waals surface area contributed by atoms with Crippen molar-refractivity contribution < 1.29 is 4.74 Å². The van der Waals surface area contributed by atoms with Gasteiger partial charge in [0.1, 0.15) is 5.82 Å². The van der Waals surface area contributed by atoms with Gasteiger partial charge in [0.15, 0.2) is 0 Å². The summed E-state index contributed by atoms with van der Waals surface area (Å²) in [5, 5.41) is 3.80. The molecule has 0 aromatic carbocycles. The second kappa shape index (κ2) is 4.78. The third-order valence-corrected chi connectivity index (χ3v) is 3.87. The highest BCUT2D eigenvalue weighted by Crippen LogP contribution is 2.40. The molecule has 1 aliphatic heterocycles. The molecule has 4 heteroatoms. The van der Waals surface area contributed by atoms with Gasteiger partial charge in [-0.15, -0.1) is 0 Å². The van der Waals surface area contributed by atoms with Gasteiger partial charge in [-0.3, -0.25) is 0 Å². The largest absolute Gasteiger partial charge is 0.381 e. The Bertz CT molecular complexity index is 366. The first-order valence-corrected chi connectivity index (χ1v) is 6.65. The molecule has 2 heterocycles. The Kier molecular flexibility index (Phi) is 3.16. The van der Waals surface area contributed by atoms with Crippen molar-refractivity contribution in [3.63, 3.8) is 0 Å². The fourth-order valence-corrected chi connectivity index (χ4v) is 2.65. The number of rotatable bonds is 4. The molecule has 1 aromatic heterocycles. The SMILES string of the molecule is Cn1ccnc1C(NC1CCOCC1)C1CC1. The van der Waals surface area contributed by atoms with E-state index in [-0.39, 0.29) is 0 Å². The average Bonchev–Trinajstić information content (AvgIpc) is 3.11. The zero-order valence-corrected chi connectivity index (χ0v) is 10.4. The summed E-state index contributed by atoms with van der Waals surface area (Å²) in [6.07, 6.45) is 8.88. The van der Waals surface area contributed by atoms with Crippen LogP contribution in [-0.2, 0) is 11.8 Å². The first-order valence-electron chi connectivity index (χ1n) is 6.65. The Morgan fingerprint density at radius 3 is 2.71 bits per heavy atom. The Morgan fingerprint density at radius 2 is 2.12 bits per heavy atom. The van der Waals surface area contributed by atoms with Crippen LogP contribution in [0.4, 0.5) is 0 Å². The zero-order chi connectivity index (χ0) is 11.7. The van der Waals surface area contributed by atoms with Crippen molar-refractivity contribution in [1.82, 2.24) is 14.9 Å². The van der Waals surface area contributed by atoms with Crippen LogP contribution in [-0.4, -0.2) is 28.8 Å². The van der Waals surface area contributed by atoms with Gasteiger partial charge in [0, 0.05) is 38.7 Å². The molecule has 1 atom stereocenters. The van der Waals surface area contributed by atoms with Crippen LogP contribution in [0.5, 0.6) is 0 Å². The quantitative estimate of drug-likeness (QED) is 0.862. The summed E-state index contributed by atoms with van der Waals surface area (Å²) in [5.41, 5.74) is 0. The van der Waals surface area contributed by atoms with E-state index < -0.39 is 0 Å². The number of ether oxygens (including phenoxy) is 1. The summed E-state index contributed by atoms with van der Waals surface area (Å²) in [4.78, 5) is 4.51. The average molecular weight is 235 g/mol. The lowest BCUT2D eigenvalue weighted by molar-refractivity contribution is 0.0734. The van der Waals surface area contributed by atoms with E-state index in [1.54, 1.807) is 0 Å². The van der Waals surface area contributed by atoms with E-state index in [0.29, 0.717) is 12.1 Å². The van der Waals surface area contributed by atoms with Crippen molar-refractivity contribution in [2.45, 2.75) is 37.8 Å². The van der Waals surface area contributed by atoms with Gasteiger partial charge in [0.2, 0.25) is 0 Å². The fourth-order valence-electron chi connectivity index (χ4n) is 2.65. The van der Waals surface area contributed by atoms with Crippen LogP contribution >= 0.6 is 0 Å². The van der Waals surface area contributed by atoms with Gasteiger partial charge in [-0.05, 0) is 31.6 Å². The third kappa shape index (κ3) is 2.53. The van der Waals surface area contributed by atoms with Gasteiger partial charge in [0.25, 0.3) is 0 Å². The maximum atomic E-state index is 5.41. The van der Waals surface area contributed by atoms with Crippen LogP contribution in [0.1, 0.15) is 37.5 Å². The number of nitrogens with one attached hydrogen (secondary N) is 1. The zero-order valence-electron chi connectivity index (χ0n) is 10.4. The lowest BCUT2D eigenvalue weighted by atomic mass is 10.1. The second-order valence-electron chi connectivity index (χ2n) is 5.26. The van der Waals surface area contributed by atoms with E-state index in [2.05, 4.69) is 21.9 Å². The Labute approximate surface area is 102 Å². The van der Waals surface area contributed by atoms with E-state index >= 15 is 0 Å². The number of hydrogen-bond acceptors (Lipinski definition) is 3. The van der Waals surface area contributed by atoms with Crippen molar-refractivity contribution >= 4 is 0 Å². The molecule has 2 fully saturated rings. The predicted octanol–water partition coefficient (Wildman–Crippen LogP) is 1.64. The van der Waals surface area contributed by atoms with E-state index in [1.807, 2.05) is 12.4 Å². The van der Waals surface area contributed by atoms with E-state index in [4.69, 9.17) is 4.74 Å². The maximum Gasteiger partial charge on any atom is 0.125 e. The maximum absolute atomic E-state index is 5.41. The second-order valence-corrected chi connectivity index (χ2v) is 5.26. The van der Waals surface area contributed by atoms with Crippen LogP contribution in [0.25, 0.3) is 0 Å². The molecule has 0 bridgehead atoms. The first kappa shape index (κ1) is 11.2. The van der Waals surface area contributed by atoms with Crippen LogP contribution in [0, 0.1) is 5.92 Å². The van der Waals surface area contributed by atoms with E-state index in [1.165, 1.54) is 18.7 Å². The van der Waals surface area contributed by atoms with Gasteiger partial charge in [-0.25, -0.2) is 4.98 Å². The minimum Gasteiger partial charge on any atom is -0.381 e. The summed E-state index contributed by atoms with van der Waals surface area (Å²) in [5.74, 6) is 1.98. The molecular weight excluding hydrogens is 214 g/mol. The molecule has 17 heavy (non-hydrogen) atoms. The first-order chi connectivity index (χ1) is 8.34. The van der Waals surface area contributed by atoms with Crippen LogP contribution < -0.4 is 5.32 Å². The molecule has 94 valence electrons. The monoisotopic (exact) mass is 235 g/mol. The molecule has 4 nitrogen and oxygen atoms in total. The van der Waals surface area contributed by atoms with E-state index in [0.717, 1.165) is 32.0 Å². The van der Waals surface area contributed by atoms with E-state index in [9.17, 15) is 0 Å². The number of imidazole rings is 1. The topological polar surface area (TPSA) is 39.1 Å². The lowest BCUT2D eigenvalue weighted by Crippen LogP contribution is -2.39. The molecule has 3 rings (SSSR count). The molecule has 0 spiro atoms. The van der Waals surface area contributed by atoms with Crippen LogP contribution in [0.15, 0.2) is 12.4 Å². The normalized spacial score (nSPS) is 23.8. The van der Waals surface area contributed by atoms with Gasteiger partial charge in [-0.2, -0.15) is 0 Å². The van der Waals surface area contributed by atoms with Gasteiger partial charge in [0.05, 0.1) is 6.04 Å². The molecule has 1 unspecified atom stereocenters. The summed E-state index contributed by atoms with van der Waals surface area (Å²) in [7, 11) is 2.09. The lowest BCUT2D eigenvalue weighted by Gasteiger charge is -2.28. The highest BCUT2D eigenvalue weighted by Gasteiger charge is 2.35. The standard InChI is InChI=1S/C13H21N3O/c1-16-7-6-14-13(16)12(10-2-3-10)15-11-4-8-17-9-5-11/h6-7,10-12,15H,2-5,8-9H2,1H3. The van der Waals surface area contributed by atoms with Gasteiger partial charge in [-0.1, -0.05) is 0 Å². The summed E-state index contributed by atoms with van der Waals surface area (Å²) in [6.45, 7) is 1.80.